The number of rotatable bonds is 10. The Morgan fingerprint density at radius 3 is 2.39 bits per heavy atom. The predicted octanol–water partition coefficient (Wildman–Crippen LogP) is 4.43. The molecule has 0 aromatic heterocycles. The van der Waals surface area contributed by atoms with Gasteiger partial charge in [-0.25, -0.2) is 0 Å². The average Bonchev–Trinajstić information content (AvgIpc) is 2.40. The van der Waals surface area contributed by atoms with Crippen LogP contribution < -0.4 is 5.32 Å². The lowest BCUT2D eigenvalue weighted by molar-refractivity contribution is 0.433. The molecule has 0 bridgehead atoms. The van der Waals surface area contributed by atoms with E-state index in [0.29, 0.717) is 0 Å². The topological polar surface area (TPSA) is 12.0 Å². The van der Waals surface area contributed by atoms with Crippen molar-refractivity contribution < 1.29 is 0 Å². The summed E-state index contributed by atoms with van der Waals surface area (Å²) in [6.45, 7) is 3.42. The lowest BCUT2D eigenvalue weighted by Crippen LogP contribution is -2.20. The molecular formula is C17H29N. The molecule has 1 atom stereocenters. The van der Waals surface area contributed by atoms with Crippen molar-refractivity contribution in [1.29, 1.82) is 0 Å². The van der Waals surface area contributed by atoms with Crippen LogP contribution in [0.5, 0.6) is 0 Å². The molecule has 0 aliphatic rings. The van der Waals surface area contributed by atoms with Gasteiger partial charge in [0.1, 0.15) is 0 Å². The average molecular weight is 247 g/mol. The van der Waals surface area contributed by atoms with Gasteiger partial charge in [0.05, 0.1) is 0 Å². The summed E-state index contributed by atoms with van der Waals surface area (Å²) in [5.41, 5.74) is 1.48. The van der Waals surface area contributed by atoms with Crippen molar-refractivity contribution in [1.82, 2.24) is 5.32 Å². The van der Waals surface area contributed by atoms with Gasteiger partial charge in [-0.1, -0.05) is 69.4 Å². The van der Waals surface area contributed by atoms with Crippen LogP contribution in [-0.4, -0.2) is 13.6 Å². The van der Waals surface area contributed by atoms with Crippen LogP contribution in [-0.2, 0) is 6.42 Å². The molecule has 0 aliphatic heterocycles. The summed E-state index contributed by atoms with van der Waals surface area (Å²) in [5, 5.41) is 3.34. The molecule has 0 saturated heterocycles. The van der Waals surface area contributed by atoms with Crippen molar-refractivity contribution >= 4 is 0 Å². The van der Waals surface area contributed by atoms with Crippen molar-refractivity contribution in [2.45, 2.75) is 51.9 Å². The number of hydrogen-bond donors (Lipinski definition) is 1. The van der Waals surface area contributed by atoms with Crippen molar-refractivity contribution in [3.8, 4) is 0 Å². The van der Waals surface area contributed by atoms with Gasteiger partial charge in [0, 0.05) is 0 Å². The zero-order valence-corrected chi connectivity index (χ0v) is 12.1. The fourth-order valence-corrected chi connectivity index (χ4v) is 2.55. The highest BCUT2D eigenvalue weighted by atomic mass is 14.8. The number of benzene rings is 1. The van der Waals surface area contributed by atoms with Crippen LogP contribution in [0.4, 0.5) is 0 Å². The van der Waals surface area contributed by atoms with Gasteiger partial charge in [0.2, 0.25) is 0 Å². The van der Waals surface area contributed by atoms with Gasteiger partial charge in [-0.2, -0.15) is 0 Å². The third kappa shape index (κ3) is 6.80. The first-order valence-corrected chi connectivity index (χ1v) is 7.55. The molecule has 0 radical (unpaired) electrons. The van der Waals surface area contributed by atoms with E-state index in [-0.39, 0.29) is 0 Å². The molecule has 1 aromatic rings. The van der Waals surface area contributed by atoms with Gasteiger partial charge in [-0.05, 0) is 37.9 Å². The quantitative estimate of drug-likeness (QED) is 0.603. The molecule has 102 valence electrons. The molecule has 0 aliphatic carbocycles. The zero-order valence-electron chi connectivity index (χ0n) is 12.1. The maximum atomic E-state index is 3.34. The van der Waals surface area contributed by atoms with E-state index in [0.717, 1.165) is 12.5 Å². The Bertz CT molecular complexity index is 281. The molecular weight excluding hydrogens is 218 g/mol. The van der Waals surface area contributed by atoms with E-state index in [4.69, 9.17) is 0 Å². The number of hydrogen-bond acceptors (Lipinski definition) is 1. The van der Waals surface area contributed by atoms with Crippen LogP contribution in [0, 0.1) is 5.92 Å². The lowest BCUT2D eigenvalue weighted by atomic mass is 9.93. The Morgan fingerprint density at radius 1 is 1.00 bits per heavy atom. The van der Waals surface area contributed by atoms with Crippen molar-refractivity contribution in [3.63, 3.8) is 0 Å². The second-order valence-corrected chi connectivity index (χ2v) is 5.32. The Hall–Kier alpha value is -0.820. The summed E-state index contributed by atoms with van der Waals surface area (Å²) in [4.78, 5) is 0. The molecule has 1 rings (SSSR count). The zero-order chi connectivity index (χ0) is 13.1. The monoisotopic (exact) mass is 247 g/mol. The van der Waals surface area contributed by atoms with Gasteiger partial charge >= 0.3 is 0 Å². The Balaban J connectivity index is 2.26. The van der Waals surface area contributed by atoms with E-state index >= 15 is 0 Å². The van der Waals surface area contributed by atoms with Gasteiger partial charge in [-0.3, -0.25) is 0 Å². The maximum absolute atomic E-state index is 3.34. The molecule has 0 saturated carbocycles. The van der Waals surface area contributed by atoms with E-state index in [1.165, 1.54) is 50.5 Å². The first-order chi connectivity index (χ1) is 8.86. The molecule has 0 fully saturated rings. The van der Waals surface area contributed by atoms with Crippen LogP contribution in [0.15, 0.2) is 30.3 Å². The Morgan fingerprint density at radius 2 is 1.72 bits per heavy atom. The summed E-state index contributed by atoms with van der Waals surface area (Å²) in [5.74, 6) is 0.791. The van der Waals surface area contributed by atoms with Crippen molar-refractivity contribution in [2.75, 3.05) is 13.6 Å². The van der Waals surface area contributed by atoms with E-state index in [1.807, 2.05) is 0 Å². The second-order valence-electron chi connectivity index (χ2n) is 5.32. The molecule has 0 spiro atoms. The summed E-state index contributed by atoms with van der Waals surface area (Å²) in [6.07, 6.45) is 9.52. The lowest BCUT2D eigenvalue weighted by Gasteiger charge is -2.16. The van der Waals surface area contributed by atoms with Crippen molar-refractivity contribution in [2.24, 2.45) is 5.92 Å². The summed E-state index contributed by atoms with van der Waals surface area (Å²) >= 11 is 0. The standard InChI is InChI=1S/C17H29N/c1-3-4-5-6-8-13-17(15-18-2)14-16-11-9-7-10-12-16/h7,9-12,17-18H,3-6,8,13-15H2,1-2H3. The second kappa shape index (κ2) is 10.1. The SMILES string of the molecule is CCCCCCCC(CNC)Cc1ccccc1. The van der Waals surface area contributed by atoms with Crippen LogP contribution in [0.2, 0.25) is 0 Å². The van der Waals surface area contributed by atoms with Crippen LogP contribution >= 0.6 is 0 Å². The van der Waals surface area contributed by atoms with Crippen LogP contribution in [0.25, 0.3) is 0 Å². The predicted molar refractivity (Wildman–Crippen MR) is 80.9 cm³/mol. The molecule has 18 heavy (non-hydrogen) atoms. The third-order valence-corrected chi connectivity index (χ3v) is 3.58. The largest absolute Gasteiger partial charge is 0.319 e. The minimum atomic E-state index is 0.791. The molecule has 1 nitrogen and oxygen atoms in total. The van der Waals surface area contributed by atoms with Gasteiger partial charge in [0.15, 0.2) is 0 Å². The Labute approximate surface area is 113 Å². The smallest absolute Gasteiger partial charge is 0.00203 e. The third-order valence-electron chi connectivity index (χ3n) is 3.58. The minimum Gasteiger partial charge on any atom is -0.319 e. The van der Waals surface area contributed by atoms with Crippen LogP contribution in [0.1, 0.15) is 51.0 Å². The van der Waals surface area contributed by atoms with Gasteiger partial charge in [-0.15, -0.1) is 0 Å². The van der Waals surface area contributed by atoms with Crippen molar-refractivity contribution in [3.05, 3.63) is 35.9 Å². The molecule has 0 heterocycles. The molecule has 1 unspecified atom stereocenters. The Kier molecular flexibility index (Phi) is 8.58. The first-order valence-electron chi connectivity index (χ1n) is 7.55. The minimum absolute atomic E-state index is 0.791. The highest BCUT2D eigenvalue weighted by Gasteiger charge is 2.08. The van der Waals surface area contributed by atoms with E-state index in [1.54, 1.807) is 0 Å². The number of unbranched alkanes of at least 4 members (excludes halogenated alkanes) is 4. The van der Waals surface area contributed by atoms with E-state index in [2.05, 4.69) is 49.6 Å². The summed E-state index contributed by atoms with van der Waals surface area (Å²) in [7, 11) is 2.06. The van der Waals surface area contributed by atoms with Gasteiger partial charge < -0.3 is 5.32 Å². The summed E-state index contributed by atoms with van der Waals surface area (Å²) < 4.78 is 0. The highest BCUT2D eigenvalue weighted by Crippen LogP contribution is 2.16. The first kappa shape index (κ1) is 15.2. The number of nitrogens with one attached hydrogen (secondary N) is 1. The molecule has 1 heteroatoms. The van der Waals surface area contributed by atoms with Gasteiger partial charge in [0.25, 0.3) is 0 Å². The maximum Gasteiger partial charge on any atom is -0.00203 e. The highest BCUT2D eigenvalue weighted by molar-refractivity contribution is 5.15. The van der Waals surface area contributed by atoms with E-state index < -0.39 is 0 Å². The summed E-state index contributed by atoms with van der Waals surface area (Å²) in [6, 6.07) is 10.9. The molecule has 1 N–H and O–H groups in total. The van der Waals surface area contributed by atoms with Crippen LogP contribution in [0.3, 0.4) is 0 Å². The molecule has 1 aromatic carbocycles. The fraction of sp³-hybridized carbons (Fsp3) is 0.647. The van der Waals surface area contributed by atoms with E-state index in [9.17, 15) is 0 Å². The molecule has 0 amide bonds. The normalized spacial score (nSPS) is 12.6. The fourth-order valence-electron chi connectivity index (χ4n) is 2.55.